The quantitative estimate of drug-likeness (QED) is 0.0246. The minimum absolute atomic E-state index is 0.00429. The van der Waals surface area contributed by atoms with Gasteiger partial charge < -0.3 is 45.6 Å². The first-order valence-corrected chi connectivity index (χ1v) is 36.4. The third-order valence-electron chi connectivity index (χ3n) is 14.8. The molecule has 0 aliphatic carbocycles. The average molecular weight is 1430 g/mol. The van der Waals surface area contributed by atoms with E-state index in [1.54, 1.807) is 37.3 Å². The van der Waals surface area contributed by atoms with Crippen molar-refractivity contribution in [1.29, 1.82) is 0 Å². The van der Waals surface area contributed by atoms with Crippen LogP contribution in [0.2, 0.25) is 0 Å². The van der Waals surface area contributed by atoms with Gasteiger partial charge in [0.1, 0.15) is 17.5 Å². The summed E-state index contributed by atoms with van der Waals surface area (Å²) in [6.45, 7) is 14.8. The van der Waals surface area contributed by atoms with Gasteiger partial charge in [0, 0.05) is 86.2 Å². The number of rotatable bonds is 29. The van der Waals surface area contributed by atoms with Crippen LogP contribution >= 0.6 is 0 Å². The molecule has 0 saturated heterocycles. The van der Waals surface area contributed by atoms with Crippen molar-refractivity contribution in [3.63, 3.8) is 0 Å². The molecule has 0 spiro atoms. The summed E-state index contributed by atoms with van der Waals surface area (Å²) in [6, 6.07) is 15.3. The Morgan fingerprint density at radius 2 is 0.796 bits per heavy atom. The molecule has 25 nitrogen and oxygen atoms in total. The zero-order chi connectivity index (χ0) is 74.1. The lowest BCUT2D eigenvalue weighted by atomic mass is 9.95. The maximum Gasteiger partial charge on any atom is 0.305 e. The Hall–Kier alpha value is -8.14. The Labute approximate surface area is 570 Å². The van der Waals surface area contributed by atoms with Gasteiger partial charge in [0.15, 0.2) is 0 Å². The highest BCUT2D eigenvalue weighted by Gasteiger charge is 2.27. The second-order valence-corrected chi connectivity index (χ2v) is 30.2. The molecule has 0 unspecified atom stereocenters. The largest absolute Gasteiger partial charge is 0.550 e. The monoisotopic (exact) mass is 1430 g/mol. The van der Waals surface area contributed by atoms with Gasteiger partial charge >= 0.3 is 5.97 Å². The van der Waals surface area contributed by atoms with Crippen LogP contribution in [0.4, 0.5) is 31.0 Å². The molecule has 0 amide bonds. The molecule has 0 aliphatic rings. The zero-order valence-electron chi connectivity index (χ0n) is 56.9. The van der Waals surface area contributed by atoms with Crippen LogP contribution in [0.25, 0.3) is 52.0 Å². The number of halogens is 3. The fraction of sp³-hybridized carbons (Fsp3) is 0.433. The van der Waals surface area contributed by atoms with Crippen molar-refractivity contribution in [3.05, 3.63) is 142 Å². The number of aliphatic carboxylic acids is 2. The fourth-order valence-electron chi connectivity index (χ4n) is 9.28. The van der Waals surface area contributed by atoms with Crippen LogP contribution < -0.4 is 18.0 Å². The first kappa shape index (κ1) is 82.3. The lowest BCUT2D eigenvalue weighted by Crippen LogP contribution is -2.29. The zero-order valence-corrected chi connectivity index (χ0v) is 59.4. The van der Waals surface area contributed by atoms with Gasteiger partial charge in [-0.05, 0) is 103 Å². The van der Waals surface area contributed by atoms with Crippen LogP contribution in [-0.4, -0.2) is 179 Å². The molecule has 536 valence electrons. The van der Waals surface area contributed by atoms with E-state index in [1.165, 1.54) is 94.0 Å². The molecule has 0 aliphatic heterocycles. The van der Waals surface area contributed by atoms with Gasteiger partial charge in [-0.3, -0.25) is 4.79 Å². The molecule has 0 radical (unpaired) electrons. The van der Waals surface area contributed by atoms with E-state index in [-0.39, 0.29) is 54.9 Å². The van der Waals surface area contributed by atoms with E-state index in [4.69, 9.17) is 5.11 Å². The molecule has 3 aromatic heterocycles. The number of aromatic nitrogens is 6. The van der Waals surface area contributed by atoms with E-state index in [0.29, 0.717) is 79.5 Å². The summed E-state index contributed by atoms with van der Waals surface area (Å²) < 4.78 is 116. The number of aryl methyl sites for hydroxylation is 1. The lowest BCUT2D eigenvalue weighted by Gasteiger charge is -2.21. The van der Waals surface area contributed by atoms with E-state index in [2.05, 4.69) is 29.9 Å². The smallest absolute Gasteiger partial charge is 0.305 e. The van der Waals surface area contributed by atoms with Crippen molar-refractivity contribution in [3.8, 4) is 33.8 Å². The highest BCUT2D eigenvalue weighted by atomic mass is 32.2. The van der Waals surface area contributed by atoms with Crippen LogP contribution in [0.5, 0.6) is 0 Å². The Kier molecular flexibility index (Phi) is 30.3. The molecule has 0 fully saturated rings. The predicted octanol–water partition coefficient (Wildman–Crippen LogP) is 7.11. The van der Waals surface area contributed by atoms with Crippen LogP contribution in [0.3, 0.4) is 0 Å². The molecule has 0 saturated carbocycles. The van der Waals surface area contributed by atoms with Crippen molar-refractivity contribution in [1.82, 2.24) is 29.9 Å². The van der Waals surface area contributed by atoms with Crippen LogP contribution in [0, 0.1) is 24.4 Å². The van der Waals surface area contributed by atoms with Crippen LogP contribution in [-0.2, 0) is 39.7 Å². The number of carbonyl (C=O) groups is 2. The number of aliphatic hydroxyl groups is 6. The Morgan fingerprint density at radius 1 is 0.490 bits per heavy atom. The number of hydrogen-bond donors (Lipinski definition) is 7. The maximum absolute atomic E-state index is 13.8. The third kappa shape index (κ3) is 24.7. The highest BCUT2D eigenvalue weighted by molar-refractivity contribution is 7.92. The van der Waals surface area contributed by atoms with E-state index in [1.807, 2.05) is 48.5 Å². The number of benzene rings is 3. The van der Waals surface area contributed by atoms with E-state index in [0.717, 1.165) is 31.7 Å². The van der Waals surface area contributed by atoms with Gasteiger partial charge in [0.2, 0.25) is 47.9 Å². The number of anilines is 3. The Bertz CT molecular complexity index is 4170. The summed E-state index contributed by atoms with van der Waals surface area (Å²) in [7, 11) is -6.89. The molecule has 7 N–H and O–H groups in total. The van der Waals surface area contributed by atoms with Crippen LogP contribution in [0.1, 0.15) is 144 Å². The van der Waals surface area contributed by atoms with E-state index < -0.39 is 109 Å². The molecule has 3 heterocycles. The number of nitrogens with zero attached hydrogens (tertiary/aromatic N) is 9. The number of aliphatic hydroxyl groups excluding tert-OH is 6. The molecular weight excluding hydrogens is 1340 g/mol. The van der Waals surface area contributed by atoms with Gasteiger partial charge in [0.05, 0.1) is 96.0 Å². The highest BCUT2D eigenvalue weighted by Crippen LogP contribution is 2.36. The molecule has 3 aromatic carbocycles. The standard InChI is InChI=1S/C23H30FN3O6S.C22H28FN3O6S.C22H30FN3O4S/c1-13(2)21-19(9-7-16(28)11-17(29)12-20(30)31)22(18-8-6-15(24)10-14(18)3)26-23(25-21)27(4)34(5,32)33;1-13(2)20-18(10-9-16(27)11-17(28)12-19(29)30)21(14-5-7-15(23)8-6-14)25-22(24-20)26(3)33(4,31)32;1-6-17(27)13-18(28)11-12-19-20(14(2)3)24-22(26(4)31(5,29)30)25-21(19)15-7-9-16(23)10-8-15/h6-10,13,16-17,28-29H,11-12H2,1-5H3,(H,30,31);5-10,13,16-17,27-28H,11-12H2,1-4H3,(H,29,30);7-12,14,17-18,27-28H,6,13H2,1-5H3/p-1/b9-7+;10-9+;12-11+/t2*16-,17-;17-,18+/m110/s1. The average Bonchev–Trinajstić information content (AvgIpc) is 0.793. The van der Waals surface area contributed by atoms with Gasteiger partial charge in [0.25, 0.3) is 0 Å². The van der Waals surface area contributed by atoms with Gasteiger partial charge in [-0.25, -0.2) is 81.2 Å². The lowest BCUT2D eigenvalue weighted by molar-refractivity contribution is -0.307. The summed E-state index contributed by atoms with van der Waals surface area (Å²) in [4.78, 5) is 48.1. The number of sulfonamides is 3. The summed E-state index contributed by atoms with van der Waals surface area (Å²) in [5, 5.41) is 79.5. The van der Waals surface area contributed by atoms with Gasteiger partial charge in [-0.2, -0.15) is 0 Å². The van der Waals surface area contributed by atoms with Gasteiger partial charge in [-0.15, -0.1) is 0 Å². The minimum Gasteiger partial charge on any atom is -0.550 e. The van der Waals surface area contributed by atoms with Crippen molar-refractivity contribution >= 4 is 78.1 Å². The summed E-state index contributed by atoms with van der Waals surface area (Å²) >= 11 is 0. The molecule has 6 rings (SSSR count). The maximum atomic E-state index is 13.8. The second kappa shape index (κ2) is 36.1. The molecule has 31 heteroatoms. The first-order valence-electron chi connectivity index (χ1n) is 30.8. The molecular formula is C67H87F3N9O16S3-. The van der Waals surface area contributed by atoms with Crippen molar-refractivity contribution in [2.24, 2.45) is 0 Å². The van der Waals surface area contributed by atoms with Crippen molar-refractivity contribution < 1.29 is 88.9 Å². The van der Waals surface area contributed by atoms with E-state index >= 15 is 0 Å². The number of carbonyl (C=O) groups excluding carboxylic acids is 1. The fourth-order valence-corrected chi connectivity index (χ4v) is 10.4. The molecule has 0 bridgehead atoms. The van der Waals surface area contributed by atoms with Crippen molar-refractivity contribution in [2.75, 3.05) is 52.8 Å². The molecule has 6 aromatic rings. The number of carboxylic acid groups (broad SMARTS) is 2. The molecule has 6 atom stereocenters. The number of carboxylic acids is 2. The summed E-state index contributed by atoms with van der Waals surface area (Å²) in [6.07, 6.45) is 4.95. The summed E-state index contributed by atoms with van der Waals surface area (Å²) in [5.41, 5.74) is 6.38. The first-order chi connectivity index (χ1) is 45.4. The minimum atomic E-state index is -3.66. The normalized spacial score (nSPS) is 14.0. The SMILES string of the molecule is CC(C)c1nc(N(C)S(C)(=O)=O)nc(-c2ccc(F)cc2)c1/C=C/[C@@H](O)C[C@@H](O)CC(=O)[O-].CC[C@H](O)C[C@H](O)/C=C/c1c(-c2ccc(F)cc2)nc(N(C)S(C)(=O)=O)nc1C(C)C.Cc1cc(F)ccc1-c1nc(N(C)S(C)(=O)=O)nc(C(C)C)c1/C=C/[C@@H](O)C[C@@H](O)CC(=O)O. The second-order valence-electron chi connectivity index (χ2n) is 24.2. The van der Waals surface area contributed by atoms with Gasteiger partial charge in [-0.1, -0.05) is 84.9 Å². The summed E-state index contributed by atoms with van der Waals surface area (Å²) in [5.74, 6) is -4.48. The molecule has 98 heavy (non-hydrogen) atoms. The van der Waals surface area contributed by atoms with Crippen LogP contribution in [0.15, 0.2) is 85.0 Å². The van der Waals surface area contributed by atoms with Crippen molar-refractivity contribution in [2.45, 2.75) is 148 Å². The topological polar surface area (TPSA) is 388 Å². The predicted molar refractivity (Wildman–Crippen MR) is 368 cm³/mol. The Balaban J connectivity index is 0.000000313. The number of hydrogen-bond acceptors (Lipinski definition) is 21. The Morgan fingerprint density at radius 3 is 1.09 bits per heavy atom. The third-order valence-corrected chi connectivity index (χ3v) is 18.3. The van der Waals surface area contributed by atoms with E-state index in [9.17, 15) is 83.8 Å².